The van der Waals surface area contributed by atoms with Gasteiger partial charge in [-0.3, -0.25) is 26.6 Å². The monoisotopic (exact) mass is 256 g/mol. The van der Waals surface area contributed by atoms with Gasteiger partial charge in [-0.2, -0.15) is 0 Å². The van der Waals surface area contributed by atoms with E-state index in [0.717, 1.165) is 32.7 Å². The average Bonchev–Trinajstić information content (AvgIpc) is 2.35. The van der Waals surface area contributed by atoms with Gasteiger partial charge in [-0.15, -0.1) is 0 Å². The molecule has 106 valence electrons. The van der Waals surface area contributed by atoms with Crippen molar-refractivity contribution in [2.45, 2.75) is 33.4 Å². The molecular weight excluding hydrogens is 228 g/mol. The minimum absolute atomic E-state index is 0.0430. The van der Waals surface area contributed by atoms with Crippen molar-refractivity contribution in [2.75, 3.05) is 32.7 Å². The minimum atomic E-state index is -0.0430. The van der Waals surface area contributed by atoms with E-state index in [4.69, 9.17) is 6.42 Å². The van der Waals surface area contributed by atoms with Crippen LogP contribution in [0.2, 0.25) is 0 Å². The molecule has 0 saturated heterocycles. The molecule has 0 aromatic rings. The lowest BCUT2D eigenvalue weighted by Crippen LogP contribution is -2.56. The lowest BCUT2D eigenvalue weighted by Gasteiger charge is -2.22. The summed E-state index contributed by atoms with van der Waals surface area (Å²) in [6, 6.07) is 2.42. The molecule has 0 rings (SSSR count). The van der Waals surface area contributed by atoms with E-state index in [9.17, 15) is 0 Å². The third-order valence-corrected chi connectivity index (χ3v) is 2.27. The summed E-state index contributed by atoms with van der Waals surface area (Å²) in [6.07, 6.45) is 5.32. The zero-order valence-electron chi connectivity index (χ0n) is 11.8. The van der Waals surface area contributed by atoms with Crippen LogP contribution in [0.4, 0.5) is 0 Å². The molecule has 0 heterocycles. The van der Waals surface area contributed by atoms with Crippen LogP contribution in [0.15, 0.2) is 0 Å². The minimum Gasteiger partial charge on any atom is -0.317 e. The summed E-state index contributed by atoms with van der Waals surface area (Å²) >= 11 is 0. The van der Waals surface area contributed by atoms with Gasteiger partial charge >= 0.3 is 0 Å². The van der Waals surface area contributed by atoms with Gasteiger partial charge in [0.1, 0.15) is 12.6 Å². The number of nitrogens with one attached hydrogen (secondary N) is 6. The summed E-state index contributed by atoms with van der Waals surface area (Å²) in [5.41, 5.74) is 0. The molecule has 0 fully saturated rings. The highest BCUT2D eigenvalue weighted by molar-refractivity contribution is 4.83. The average molecular weight is 256 g/mol. The summed E-state index contributed by atoms with van der Waals surface area (Å²) in [5.74, 6) is 0. The first-order chi connectivity index (χ1) is 8.78. The van der Waals surface area contributed by atoms with E-state index < -0.39 is 0 Å². The zero-order valence-corrected chi connectivity index (χ0v) is 11.8. The molecule has 6 nitrogen and oxygen atoms in total. The van der Waals surface area contributed by atoms with Crippen LogP contribution in [0.5, 0.6) is 0 Å². The van der Waals surface area contributed by atoms with Gasteiger partial charge in [0.2, 0.25) is 0 Å². The first kappa shape index (κ1) is 17.2. The van der Waals surface area contributed by atoms with E-state index in [2.05, 4.69) is 51.8 Å². The van der Waals surface area contributed by atoms with E-state index in [0.29, 0.717) is 0 Å². The third-order valence-electron chi connectivity index (χ3n) is 2.27. The Hall–Kier alpha value is -0.840. The highest BCUT2D eigenvalue weighted by atomic mass is 15.3. The Morgan fingerprint density at radius 1 is 0.778 bits per heavy atom. The van der Waals surface area contributed by atoms with Crippen molar-refractivity contribution in [1.29, 1.82) is 0 Å². The van der Waals surface area contributed by atoms with Crippen molar-refractivity contribution in [2.24, 2.45) is 0 Å². The summed E-state index contributed by atoms with van der Waals surface area (Å²) in [5, 5.41) is 19.3. The molecule has 0 aliphatic carbocycles. The van der Waals surface area contributed by atoms with Crippen LogP contribution in [0.3, 0.4) is 0 Å². The van der Waals surface area contributed by atoms with Gasteiger partial charge in [-0.25, -0.2) is 0 Å². The molecule has 6 heteroatoms. The Kier molecular flexibility index (Phi) is 12.0. The van der Waals surface area contributed by atoms with Gasteiger partial charge in [-0.05, 0) is 19.6 Å². The second kappa shape index (κ2) is 12.6. The maximum Gasteiger partial charge on any atom is 0.139 e. The van der Waals surface area contributed by atoms with Crippen LogP contribution in [-0.2, 0) is 0 Å². The second-order valence-electron chi connectivity index (χ2n) is 3.74. The fourth-order valence-corrected chi connectivity index (χ4v) is 1.52. The molecule has 0 spiro atoms. The van der Waals surface area contributed by atoms with Gasteiger partial charge in [-0.1, -0.05) is 27.2 Å². The maximum absolute atomic E-state index is 5.21. The van der Waals surface area contributed by atoms with Gasteiger partial charge in [0.05, 0.1) is 0 Å². The molecule has 0 aliphatic rings. The Balaban J connectivity index is 3.70. The van der Waals surface area contributed by atoms with Crippen molar-refractivity contribution in [3.63, 3.8) is 0 Å². The van der Waals surface area contributed by atoms with Crippen LogP contribution in [-0.4, -0.2) is 45.3 Å². The summed E-state index contributed by atoms with van der Waals surface area (Å²) in [7, 11) is 0. The third kappa shape index (κ3) is 9.22. The topological polar surface area (TPSA) is 72.2 Å². The molecule has 0 aliphatic heterocycles. The van der Waals surface area contributed by atoms with Crippen molar-refractivity contribution in [1.82, 2.24) is 31.9 Å². The van der Waals surface area contributed by atoms with E-state index in [1.165, 1.54) is 0 Å². The Morgan fingerprint density at radius 3 is 1.67 bits per heavy atom. The summed E-state index contributed by atoms with van der Waals surface area (Å²) in [6.45, 7) is 10.6. The van der Waals surface area contributed by atoms with E-state index >= 15 is 0 Å². The Bertz CT molecular complexity index is 209. The number of terminal acetylenes is 1. The normalized spacial score (nSPS) is 12.4. The molecule has 0 radical (unpaired) electrons. The predicted molar refractivity (Wildman–Crippen MR) is 76.6 cm³/mol. The molecule has 0 aromatic heterocycles. The Morgan fingerprint density at radius 2 is 1.22 bits per heavy atom. The molecule has 6 N–H and O–H groups in total. The van der Waals surface area contributed by atoms with E-state index in [-0.39, 0.29) is 12.6 Å². The molecule has 0 amide bonds. The quantitative estimate of drug-likeness (QED) is 0.113. The molecular formula is C12H28N6. The molecule has 1 atom stereocenters. The molecule has 0 saturated carbocycles. The van der Waals surface area contributed by atoms with Crippen LogP contribution >= 0.6 is 0 Å². The maximum atomic E-state index is 5.21. The number of rotatable bonds is 12. The van der Waals surface area contributed by atoms with Crippen LogP contribution in [0.25, 0.3) is 0 Å². The Labute approximate surface area is 111 Å². The second-order valence-corrected chi connectivity index (χ2v) is 3.74. The van der Waals surface area contributed by atoms with Crippen molar-refractivity contribution in [3.05, 3.63) is 0 Å². The highest BCUT2D eigenvalue weighted by Gasteiger charge is 2.05. The van der Waals surface area contributed by atoms with Crippen LogP contribution in [0.1, 0.15) is 20.8 Å². The van der Waals surface area contributed by atoms with Gasteiger partial charge < -0.3 is 5.32 Å². The molecule has 0 bridgehead atoms. The van der Waals surface area contributed by atoms with Crippen molar-refractivity contribution in [3.8, 4) is 12.5 Å². The smallest absolute Gasteiger partial charge is 0.139 e. The first-order valence-electron chi connectivity index (χ1n) is 6.66. The predicted octanol–water partition coefficient (Wildman–Crippen LogP) is -1.26. The van der Waals surface area contributed by atoms with Crippen LogP contribution in [0, 0.1) is 12.5 Å². The van der Waals surface area contributed by atoms with Crippen molar-refractivity contribution >= 4 is 0 Å². The standard InChI is InChI=1S/C12H28N6/c1-5-13-11(14-6-2)17-9-10-18-12(15-7-3)16-8-4/h1,11-18H,6-10H2,2-4H3. The van der Waals surface area contributed by atoms with Gasteiger partial charge in [0.25, 0.3) is 0 Å². The van der Waals surface area contributed by atoms with Gasteiger partial charge in [0, 0.05) is 19.1 Å². The number of hydrogen-bond donors (Lipinski definition) is 6. The zero-order chi connectivity index (χ0) is 13.6. The highest BCUT2D eigenvalue weighted by Crippen LogP contribution is 1.73. The lowest BCUT2D eigenvalue weighted by molar-refractivity contribution is 0.350. The lowest BCUT2D eigenvalue weighted by atomic mass is 10.5. The summed E-state index contributed by atoms with van der Waals surface area (Å²) in [4.78, 5) is 0. The molecule has 1 unspecified atom stereocenters. The van der Waals surface area contributed by atoms with Crippen molar-refractivity contribution < 1.29 is 0 Å². The number of hydrogen-bond acceptors (Lipinski definition) is 6. The molecule has 0 aromatic carbocycles. The SMILES string of the molecule is C#CNC(NCC)NCCNC(NCC)NCC. The van der Waals surface area contributed by atoms with E-state index in [1.54, 1.807) is 0 Å². The van der Waals surface area contributed by atoms with Crippen LogP contribution < -0.4 is 31.9 Å². The summed E-state index contributed by atoms with van der Waals surface area (Å²) < 4.78 is 0. The first-order valence-corrected chi connectivity index (χ1v) is 6.66. The van der Waals surface area contributed by atoms with Gasteiger partial charge in [0.15, 0.2) is 0 Å². The van der Waals surface area contributed by atoms with E-state index in [1.807, 2.05) is 6.92 Å². The fourth-order valence-electron chi connectivity index (χ4n) is 1.52. The largest absolute Gasteiger partial charge is 0.317 e. The molecule has 18 heavy (non-hydrogen) atoms. The fraction of sp³-hybridized carbons (Fsp3) is 0.833.